The highest BCUT2D eigenvalue weighted by atomic mass is 35.5. The fraction of sp³-hybridized carbons (Fsp3) is 0.290. The minimum atomic E-state index is -0.971. The molecule has 1 unspecified atom stereocenters. The third kappa shape index (κ3) is 4.79. The van der Waals surface area contributed by atoms with Crippen LogP contribution in [-0.2, 0) is 27.2 Å². The quantitative estimate of drug-likeness (QED) is 0.179. The van der Waals surface area contributed by atoms with Gasteiger partial charge in [-0.1, -0.05) is 72.0 Å². The van der Waals surface area contributed by atoms with Crippen LogP contribution in [0.15, 0.2) is 65.9 Å². The van der Waals surface area contributed by atoms with Gasteiger partial charge in [0.2, 0.25) is 0 Å². The van der Waals surface area contributed by atoms with Gasteiger partial charge in [-0.2, -0.15) is 0 Å². The maximum atomic E-state index is 13.3. The zero-order valence-electron chi connectivity index (χ0n) is 23.4. The molecular formula is C31H29BCl3N3O4. The maximum Gasteiger partial charge on any atom is 0.492 e. The Morgan fingerprint density at radius 2 is 1.83 bits per heavy atom. The average Bonchev–Trinajstić information content (AvgIpc) is 3.71. The van der Waals surface area contributed by atoms with Crippen LogP contribution in [0.2, 0.25) is 15.1 Å². The number of halogens is 3. The molecule has 2 aromatic heterocycles. The summed E-state index contributed by atoms with van der Waals surface area (Å²) in [6.45, 7) is 6.35. The van der Waals surface area contributed by atoms with Crippen LogP contribution in [0, 0.1) is 0 Å². The van der Waals surface area contributed by atoms with Gasteiger partial charge in [0.15, 0.2) is 5.60 Å². The molecule has 0 bridgehead atoms. The second-order valence-corrected chi connectivity index (χ2v) is 12.2. The molecule has 11 heteroatoms. The van der Waals surface area contributed by atoms with Crippen LogP contribution in [-0.4, -0.2) is 28.2 Å². The first-order valence-electron chi connectivity index (χ1n) is 13.9. The molecule has 0 radical (unpaired) electrons. The number of fused-ring (bicyclic) bond motifs is 2. The van der Waals surface area contributed by atoms with Gasteiger partial charge in [-0.3, -0.25) is 4.79 Å². The Kier molecular flexibility index (Phi) is 7.56. The van der Waals surface area contributed by atoms with Crippen molar-refractivity contribution in [3.63, 3.8) is 0 Å². The standard InChI is InChI=1S/C31H29BCl3N3O4/c1-4-31(5-2)21-10-8-18(13-22(21)32(40)41-31)17-36-29(39)20-9-11-27(38-12-6-7-26(20)38)25-16-30(3,42-37-25)19-14-23(33)28(35)24(34)15-19/h6-15,40H,4-5,16-17H2,1-3H3,(H,36,39). The van der Waals surface area contributed by atoms with Crippen LogP contribution in [0.25, 0.3) is 5.52 Å². The molecule has 4 heterocycles. The van der Waals surface area contributed by atoms with Crippen LogP contribution < -0.4 is 10.8 Å². The number of aromatic nitrogens is 1. The summed E-state index contributed by atoms with van der Waals surface area (Å²) in [6, 6.07) is 16.8. The molecule has 0 fully saturated rings. The minimum Gasteiger partial charge on any atom is -0.423 e. The average molecular weight is 625 g/mol. The second-order valence-electron chi connectivity index (χ2n) is 11.0. The number of nitrogens with zero attached hydrogens (tertiary/aromatic N) is 2. The lowest BCUT2D eigenvalue weighted by molar-refractivity contribution is -0.00737. The Bertz CT molecular complexity index is 1730. The van der Waals surface area contributed by atoms with Crippen LogP contribution in [0.3, 0.4) is 0 Å². The summed E-state index contributed by atoms with van der Waals surface area (Å²) in [6.07, 6.45) is 3.90. The van der Waals surface area contributed by atoms with Crippen molar-refractivity contribution >= 4 is 64.5 Å². The highest BCUT2D eigenvalue weighted by molar-refractivity contribution is 6.62. The largest absolute Gasteiger partial charge is 0.492 e. The topological polar surface area (TPSA) is 84.6 Å². The van der Waals surface area contributed by atoms with E-state index in [4.69, 9.17) is 44.3 Å². The Balaban J connectivity index is 1.20. The van der Waals surface area contributed by atoms with Gasteiger partial charge < -0.3 is 24.2 Å². The first-order valence-corrected chi connectivity index (χ1v) is 15.0. The zero-order chi connectivity index (χ0) is 29.8. The lowest BCUT2D eigenvalue weighted by atomic mass is 9.76. The predicted molar refractivity (Wildman–Crippen MR) is 167 cm³/mol. The number of benzene rings is 2. The van der Waals surface area contributed by atoms with Crippen LogP contribution in [0.5, 0.6) is 0 Å². The number of amides is 1. The van der Waals surface area contributed by atoms with Crippen molar-refractivity contribution in [2.75, 3.05) is 0 Å². The molecule has 42 heavy (non-hydrogen) atoms. The lowest BCUT2D eigenvalue weighted by Gasteiger charge is -2.28. The lowest BCUT2D eigenvalue weighted by Crippen LogP contribution is -2.30. The van der Waals surface area contributed by atoms with E-state index in [1.807, 2.05) is 53.9 Å². The molecule has 2 N–H and O–H groups in total. The smallest absolute Gasteiger partial charge is 0.423 e. The Morgan fingerprint density at radius 3 is 2.55 bits per heavy atom. The summed E-state index contributed by atoms with van der Waals surface area (Å²) in [7, 11) is -0.971. The molecule has 0 saturated heterocycles. The highest BCUT2D eigenvalue weighted by Crippen LogP contribution is 2.41. The van der Waals surface area contributed by atoms with E-state index in [0.717, 1.165) is 51.9 Å². The predicted octanol–water partition coefficient (Wildman–Crippen LogP) is 6.60. The van der Waals surface area contributed by atoms with E-state index in [-0.39, 0.29) is 5.91 Å². The molecule has 7 nitrogen and oxygen atoms in total. The summed E-state index contributed by atoms with van der Waals surface area (Å²) in [5.74, 6) is -0.209. The Labute approximate surface area is 259 Å². The molecule has 0 saturated carbocycles. The summed E-state index contributed by atoms with van der Waals surface area (Å²) in [5, 5.41) is 19.0. The van der Waals surface area contributed by atoms with Gasteiger partial charge >= 0.3 is 7.12 Å². The molecular weight excluding hydrogens is 596 g/mol. The SMILES string of the molecule is CCC1(CC)OB(O)c2cc(CNC(=O)c3ccc(C4=NOC(C)(c5cc(Cl)c(Cl)c(Cl)c5)C4)n4cccc34)ccc21. The number of oxime groups is 1. The normalized spacial score (nSPS) is 19.1. The fourth-order valence-electron chi connectivity index (χ4n) is 6.02. The van der Waals surface area contributed by atoms with Crippen molar-refractivity contribution < 1.29 is 19.3 Å². The van der Waals surface area contributed by atoms with E-state index in [0.29, 0.717) is 33.6 Å². The van der Waals surface area contributed by atoms with Gasteiger partial charge in [0.1, 0.15) is 5.71 Å². The van der Waals surface area contributed by atoms with Gasteiger partial charge in [0.25, 0.3) is 5.91 Å². The van der Waals surface area contributed by atoms with E-state index >= 15 is 0 Å². The summed E-state index contributed by atoms with van der Waals surface area (Å²) >= 11 is 18.7. The third-order valence-corrected chi connectivity index (χ3v) is 9.69. The summed E-state index contributed by atoms with van der Waals surface area (Å²) < 4.78 is 7.88. The van der Waals surface area contributed by atoms with E-state index in [9.17, 15) is 9.82 Å². The van der Waals surface area contributed by atoms with Gasteiger partial charge in [-0.15, -0.1) is 0 Å². The van der Waals surface area contributed by atoms with Crippen LogP contribution in [0.1, 0.15) is 72.8 Å². The fourth-order valence-corrected chi connectivity index (χ4v) is 6.61. The van der Waals surface area contributed by atoms with E-state index in [1.54, 1.807) is 18.2 Å². The van der Waals surface area contributed by atoms with E-state index < -0.39 is 18.3 Å². The Hall–Kier alpha value is -3.01. The number of hydrogen-bond acceptors (Lipinski definition) is 5. The maximum absolute atomic E-state index is 13.3. The molecule has 2 aliphatic rings. The molecule has 1 amide bonds. The number of hydrogen-bond donors (Lipinski definition) is 2. The summed E-state index contributed by atoms with van der Waals surface area (Å²) in [4.78, 5) is 19.3. The van der Waals surface area contributed by atoms with Crippen LogP contribution in [0.4, 0.5) is 0 Å². The molecule has 2 aliphatic heterocycles. The number of nitrogens with one attached hydrogen (secondary N) is 1. The Morgan fingerprint density at radius 1 is 1.10 bits per heavy atom. The van der Waals surface area contributed by atoms with Gasteiger partial charge in [0, 0.05) is 24.7 Å². The molecule has 4 aromatic rings. The first kappa shape index (κ1) is 29.1. The van der Waals surface area contributed by atoms with Crippen molar-refractivity contribution in [2.45, 2.75) is 57.8 Å². The minimum absolute atomic E-state index is 0.209. The third-order valence-electron chi connectivity index (χ3n) is 8.49. The number of pyridine rings is 1. The van der Waals surface area contributed by atoms with Crippen molar-refractivity contribution in [2.24, 2.45) is 5.16 Å². The molecule has 1 atom stereocenters. The van der Waals surface area contributed by atoms with Gasteiger partial charge in [0.05, 0.1) is 37.4 Å². The highest BCUT2D eigenvalue weighted by Gasteiger charge is 2.44. The molecule has 216 valence electrons. The van der Waals surface area contributed by atoms with E-state index in [2.05, 4.69) is 24.3 Å². The monoisotopic (exact) mass is 623 g/mol. The van der Waals surface area contributed by atoms with Gasteiger partial charge in [-0.25, -0.2) is 0 Å². The van der Waals surface area contributed by atoms with Crippen LogP contribution >= 0.6 is 34.8 Å². The van der Waals surface area contributed by atoms with Crippen molar-refractivity contribution in [1.82, 2.24) is 9.72 Å². The molecule has 0 aliphatic carbocycles. The number of rotatable bonds is 7. The van der Waals surface area contributed by atoms with Crippen molar-refractivity contribution in [3.8, 4) is 0 Å². The first-order chi connectivity index (χ1) is 20.1. The van der Waals surface area contributed by atoms with Crippen molar-refractivity contribution in [3.05, 3.63) is 104 Å². The number of carbonyl (C=O) groups excluding carboxylic acids is 1. The van der Waals surface area contributed by atoms with Crippen molar-refractivity contribution in [1.29, 1.82) is 0 Å². The second kappa shape index (κ2) is 10.9. The molecule has 0 spiro atoms. The molecule has 6 rings (SSSR count). The number of carbonyl (C=O) groups is 1. The summed E-state index contributed by atoms with van der Waals surface area (Å²) in [5.41, 5.74) is 4.97. The van der Waals surface area contributed by atoms with E-state index in [1.165, 1.54) is 0 Å². The molecule has 2 aromatic carbocycles. The zero-order valence-corrected chi connectivity index (χ0v) is 25.6. The van der Waals surface area contributed by atoms with Gasteiger partial charge in [-0.05, 0) is 72.8 Å².